The monoisotopic (exact) mass is 392 g/mol. The molecule has 2 N–H and O–H groups in total. The van der Waals surface area contributed by atoms with Gasteiger partial charge in [0.05, 0.1) is 5.25 Å². The molecule has 0 radical (unpaired) electrons. The smallest absolute Gasteiger partial charge is 0.268 e. The lowest BCUT2D eigenvalue weighted by molar-refractivity contribution is 0.443. The van der Waals surface area contributed by atoms with Gasteiger partial charge in [-0.2, -0.15) is 13.5 Å². The molecule has 2 unspecified atom stereocenters. The van der Waals surface area contributed by atoms with Gasteiger partial charge in [0.2, 0.25) is 0 Å². The van der Waals surface area contributed by atoms with Gasteiger partial charge in [-0.1, -0.05) is 48.6 Å². The van der Waals surface area contributed by atoms with Crippen molar-refractivity contribution in [3.63, 3.8) is 0 Å². The molecule has 3 aromatic rings. The third-order valence-corrected chi connectivity index (χ3v) is 7.16. The van der Waals surface area contributed by atoms with E-state index in [4.69, 9.17) is 0 Å². The number of fused-ring (bicyclic) bond motifs is 5. The van der Waals surface area contributed by atoms with E-state index in [0.717, 1.165) is 28.3 Å². The summed E-state index contributed by atoms with van der Waals surface area (Å²) in [5, 5.41) is 10.6. The average Bonchev–Trinajstić information content (AvgIpc) is 3.19. The van der Waals surface area contributed by atoms with Crippen molar-refractivity contribution < 1.29 is 13.0 Å². The minimum Gasteiger partial charge on any atom is -0.285 e. The molecule has 2 aromatic carbocycles. The lowest BCUT2D eigenvalue weighted by Gasteiger charge is -2.27. The van der Waals surface area contributed by atoms with Crippen LogP contribution in [-0.2, 0) is 29.4 Å². The van der Waals surface area contributed by atoms with Crippen LogP contribution in [0.5, 0.6) is 0 Å². The van der Waals surface area contributed by atoms with Gasteiger partial charge in [-0.25, -0.2) is 0 Å². The van der Waals surface area contributed by atoms with Gasteiger partial charge in [-0.3, -0.25) is 9.65 Å². The molecule has 0 saturated carbocycles. The highest BCUT2D eigenvalue weighted by Crippen LogP contribution is 2.26. The summed E-state index contributed by atoms with van der Waals surface area (Å²) < 4.78 is 34.0. The molecule has 2 aliphatic carbocycles. The van der Waals surface area contributed by atoms with Crippen molar-refractivity contribution in [2.24, 2.45) is 5.92 Å². The summed E-state index contributed by atoms with van der Waals surface area (Å²) >= 11 is 0. The number of nitrogens with one attached hydrogen (secondary N) is 1. The topological polar surface area (TPSA) is 83.1 Å². The zero-order valence-corrected chi connectivity index (χ0v) is 16.0. The Morgan fingerprint density at radius 2 is 1.86 bits per heavy atom. The normalized spacial score (nSPS) is 20.9. The molecular formula is C22H20N2O3S. The maximum absolute atomic E-state index is 12.1. The van der Waals surface area contributed by atoms with Gasteiger partial charge < -0.3 is 0 Å². The molecule has 0 fully saturated rings. The molecule has 2 aliphatic rings. The van der Waals surface area contributed by atoms with Crippen LogP contribution in [0.15, 0.2) is 48.7 Å². The number of hydrogen-bond acceptors (Lipinski definition) is 3. The third-order valence-electron chi connectivity index (χ3n) is 5.88. The fraction of sp³-hybridized carbons (Fsp3) is 0.227. The number of H-pyrrole nitrogens is 1. The number of allylic oxidation sites excluding steroid dienone is 2. The molecule has 0 amide bonds. The summed E-state index contributed by atoms with van der Waals surface area (Å²) in [5.41, 5.74) is 3.12. The van der Waals surface area contributed by atoms with Crippen LogP contribution in [0.3, 0.4) is 0 Å². The van der Waals surface area contributed by atoms with E-state index >= 15 is 0 Å². The van der Waals surface area contributed by atoms with Crippen molar-refractivity contribution in [3.05, 3.63) is 75.9 Å². The summed E-state index contributed by atoms with van der Waals surface area (Å²) in [6.07, 6.45) is 11.8. The fourth-order valence-corrected chi connectivity index (χ4v) is 5.52. The maximum atomic E-state index is 12.1. The molecule has 1 aromatic heterocycles. The van der Waals surface area contributed by atoms with Gasteiger partial charge in [-0.05, 0) is 57.7 Å². The second-order valence-corrected chi connectivity index (χ2v) is 9.18. The zero-order valence-electron chi connectivity index (χ0n) is 15.2. The molecule has 5 nitrogen and oxygen atoms in total. The van der Waals surface area contributed by atoms with E-state index in [1.54, 1.807) is 6.20 Å². The molecule has 6 heteroatoms. The van der Waals surface area contributed by atoms with Crippen molar-refractivity contribution in [1.29, 1.82) is 0 Å². The fourth-order valence-electron chi connectivity index (χ4n) is 4.51. The van der Waals surface area contributed by atoms with Gasteiger partial charge in [0, 0.05) is 17.8 Å². The number of hydrogen-bond donors (Lipinski definition) is 2. The van der Waals surface area contributed by atoms with Gasteiger partial charge in [0.1, 0.15) is 0 Å². The first-order valence-electron chi connectivity index (χ1n) is 9.37. The highest BCUT2D eigenvalue weighted by molar-refractivity contribution is 7.86. The molecule has 0 aliphatic heterocycles. The van der Waals surface area contributed by atoms with E-state index in [9.17, 15) is 13.0 Å². The number of rotatable bonds is 3. The Balaban J connectivity index is 1.74. The molecule has 142 valence electrons. The Morgan fingerprint density at radius 3 is 2.61 bits per heavy atom. The number of benzene rings is 2. The minimum atomic E-state index is -4.17. The molecule has 1 heterocycles. The third kappa shape index (κ3) is 2.89. The standard InChI is InChI=1S/C22H20N2O3S/c25-28(26,27)22-13-15-6-8-19-18-4-2-1-3-14(18)5-7-20(19)21(15)12-16(22)11-17-9-10-23-24-17/h1-2,4-10,12,16,22H,3,11,13H2,(H,23,24)(H,25,26,27). The molecule has 28 heavy (non-hydrogen) atoms. The molecule has 0 spiro atoms. The number of aromatic nitrogens is 2. The Morgan fingerprint density at radius 1 is 1.07 bits per heavy atom. The van der Waals surface area contributed by atoms with E-state index in [2.05, 4.69) is 46.6 Å². The van der Waals surface area contributed by atoms with Crippen LogP contribution < -0.4 is 10.4 Å². The number of nitrogens with zero attached hydrogens (tertiary/aromatic N) is 1. The maximum Gasteiger partial charge on any atom is 0.268 e. The van der Waals surface area contributed by atoms with Crippen LogP contribution in [0.1, 0.15) is 16.8 Å². The molecule has 2 atom stereocenters. The van der Waals surface area contributed by atoms with Crippen LogP contribution in [0.2, 0.25) is 0 Å². The highest BCUT2D eigenvalue weighted by atomic mass is 32.2. The van der Waals surface area contributed by atoms with Crippen molar-refractivity contribution in [2.45, 2.75) is 24.5 Å². The summed E-state index contributed by atoms with van der Waals surface area (Å²) in [6.45, 7) is 0. The largest absolute Gasteiger partial charge is 0.285 e. The highest BCUT2D eigenvalue weighted by Gasteiger charge is 2.34. The first kappa shape index (κ1) is 17.4. The van der Waals surface area contributed by atoms with E-state index in [1.807, 2.05) is 18.2 Å². The summed E-state index contributed by atoms with van der Waals surface area (Å²) in [6, 6.07) is 10.2. The van der Waals surface area contributed by atoms with E-state index in [0.29, 0.717) is 12.8 Å². The van der Waals surface area contributed by atoms with Gasteiger partial charge in [-0.15, -0.1) is 0 Å². The Kier molecular flexibility index (Phi) is 4.00. The Bertz CT molecular complexity index is 1320. The van der Waals surface area contributed by atoms with E-state index < -0.39 is 15.4 Å². The van der Waals surface area contributed by atoms with Gasteiger partial charge in [0.25, 0.3) is 10.1 Å². The van der Waals surface area contributed by atoms with Crippen molar-refractivity contribution >= 4 is 33.0 Å². The lowest BCUT2D eigenvalue weighted by Crippen LogP contribution is -2.38. The number of aromatic amines is 1. The minimum absolute atomic E-state index is 0.306. The second kappa shape index (κ2) is 6.43. The Hall–Kier alpha value is -2.70. The van der Waals surface area contributed by atoms with Crippen molar-refractivity contribution in [3.8, 4) is 0 Å². The summed E-state index contributed by atoms with van der Waals surface area (Å²) in [4.78, 5) is 0. The zero-order chi connectivity index (χ0) is 19.3. The van der Waals surface area contributed by atoms with Gasteiger partial charge in [0.15, 0.2) is 0 Å². The van der Waals surface area contributed by atoms with Crippen LogP contribution in [0.25, 0.3) is 22.9 Å². The van der Waals surface area contributed by atoms with Crippen LogP contribution in [-0.4, -0.2) is 28.4 Å². The van der Waals surface area contributed by atoms with Crippen molar-refractivity contribution in [2.75, 3.05) is 0 Å². The first-order valence-corrected chi connectivity index (χ1v) is 10.9. The predicted molar refractivity (Wildman–Crippen MR) is 110 cm³/mol. The first-order chi connectivity index (χ1) is 13.5. The molecular weight excluding hydrogens is 372 g/mol. The van der Waals surface area contributed by atoms with Crippen LogP contribution in [0.4, 0.5) is 0 Å². The van der Waals surface area contributed by atoms with Gasteiger partial charge >= 0.3 is 0 Å². The quantitative estimate of drug-likeness (QED) is 0.667. The average molecular weight is 392 g/mol. The van der Waals surface area contributed by atoms with Crippen molar-refractivity contribution in [1.82, 2.24) is 10.2 Å². The second-order valence-electron chi connectivity index (χ2n) is 7.54. The summed E-state index contributed by atoms with van der Waals surface area (Å²) in [5.74, 6) is -0.326. The SMILES string of the molecule is O=S(=O)(O)C1Cc2ccc3c4c(ccc3c2=CC1Cc1ccn[nH]1)CC=CC=4. The summed E-state index contributed by atoms with van der Waals surface area (Å²) in [7, 11) is -4.17. The Labute approximate surface area is 162 Å². The molecule has 0 bridgehead atoms. The predicted octanol–water partition coefficient (Wildman–Crippen LogP) is 1.91. The molecule has 0 saturated heterocycles. The van der Waals surface area contributed by atoms with Crippen LogP contribution in [0, 0.1) is 5.92 Å². The lowest BCUT2D eigenvalue weighted by atomic mass is 9.85. The van der Waals surface area contributed by atoms with E-state index in [1.165, 1.54) is 16.2 Å². The van der Waals surface area contributed by atoms with Crippen LogP contribution >= 0.6 is 0 Å². The molecule has 5 rings (SSSR count). The van der Waals surface area contributed by atoms with E-state index in [-0.39, 0.29) is 5.92 Å².